The highest BCUT2D eigenvalue weighted by Crippen LogP contribution is 2.40. The summed E-state index contributed by atoms with van der Waals surface area (Å²) in [4.78, 5) is 0. The fraction of sp³-hybridized carbons (Fsp3) is 0.500. The number of hydrogen-bond acceptors (Lipinski definition) is 7. The van der Waals surface area contributed by atoms with Gasteiger partial charge in [-0.1, -0.05) is 51.0 Å². The summed E-state index contributed by atoms with van der Waals surface area (Å²) in [6, 6.07) is 11.4. The summed E-state index contributed by atoms with van der Waals surface area (Å²) in [5.74, 6) is 2.76. The summed E-state index contributed by atoms with van der Waals surface area (Å²) in [6.45, 7) is 0.941. The van der Waals surface area contributed by atoms with Crippen LogP contribution >= 0.6 is 0 Å². The Balaban J connectivity index is 1.97. The fourth-order valence-corrected chi connectivity index (χ4v) is 4.11. The molecule has 0 aromatic heterocycles. The zero-order chi connectivity index (χ0) is 26.9. The van der Waals surface area contributed by atoms with Gasteiger partial charge in [-0.25, -0.2) is 0 Å². The van der Waals surface area contributed by atoms with E-state index in [1.807, 2.05) is 18.2 Å². The number of nitriles is 1. The van der Waals surface area contributed by atoms with Gasteiger partial charge >= 0.3 is 0 Å². The first-order valence-electron chi connectivity index (χ1n) is 13.0. The van der Waals surface area contributed by atoms with Crippen molar-refractivity contribution in [2.45, 2.75) is 57.8 Å². The molecule has 0 radical (unpaired) electrons. The number of benzene rings is 2. The van der Waals surface area contributed by atoms with Crippen molar-refractivity contribution in [1.29, 1.82) is 5.26 Å². The molecule has 0 aliphatic carbocycles. The smallest absolute Gasteiger partial charge is 0.203 e. The van der Waals surface area contributed by atoms with Crippen molar-refractivity contribution >= 4 is 11.6 Å². The lowest BCUT2D eigenvalue weighted by atomic mass is 10.0. The molecule has 2 aromatic carbocycles. The van der Waals surface area contributed by atoms with Crippen molar-refractivity contribution in [2.24, 2.45) is 0 Å². The number of unbranched alkanes of at least 4 members (excludes halogenated alkanes) is 8. The third-order valence-electron chi connectivity index (χ3n) is 6.15. The standard InChI is InChI=1S/C30H41NO6/c1-33-27-19-23(14-15-26(27)37-17-13-11-9-7-5-6-8-10-12-16-32)18-25(22-31)24-20-28(34-2)30(36-4)29(21-24)35-3/h14-15,18-21,32H,5-13,16-17H2,1-4H3. The van der Waals surface area contributed by atoms with Gasteiger partial charge in [-0.2, -0.15) is 5.26 Å². The molecule has 37 heavy (non-hydrogen) atoms. The van der Waals surface area contributed by atoms with E-state index >= 15 is 0 Å². The van der Waals surface area contributed by atoms with Gasteiger partial charge < -0.3 is 28.8 Å². The Hall–Kier alpha value is -3.37. The molecule has 2 aromatic rings. The molecule has 0 unspecified atom stereocenters. The number of aliphatic hydroxyl groups excluding tert-OH is 1. The number of hydrogen-bond donors (Lipinski definition) is 1. The molecule has 0 saturated carbocycles. The van der Waals surface area contributed by atoms with Crippen molar-refractivity contribution in [2.75, 3.05) is 41.7 Å². The summed E-state index contributed by atoms with van der Waals surface area (Å²) in [5.41, 5.74) is 1.92. The maximum atomic E-state index is 9.85. The van der Waals surface area contributed by atoms with Crippen molar-refractivity contribution in [3.63, 3.8) is 0 Å². The second-order valence-electron chi connectivity index (χ2n) is 8.75. The largest absolute Gasteiger partial charge is 0.493 e. The molecule has 0 saturated heterocycles. The minimum atomic E-state index is 0.306. The van der Waals surface area contributed by atoms with Crippen LogP contribution in [0.5, 0.6) is 28.7 Å². The van der Waals surface area contributed by atoms with Crippen LogP contribution in [0, 0.1) is 11.3 Å². The van der Waals surface area contributed by atoms with Crippen molar-refractivity contribution in [3.8, 4) is 34.8 Å². The first kappa shape index (κ1) is 29.9. The summed E-state index contributed by atoms with van der Waals surface area (Å²) in [6.07, 6.45) is 12.2. The Morgan fingerprint density at radius 1 is 0.730 bits per heavy atom. The highest BCUT2D eigenvalue weighted by Gasteiger charge is 2.15. The first-order chi connectivity index (χ1) is 18.1. The van der Waals surface area contributed by atoms with Crippen molar-refractivity contribution in [3.05, 3.63) is 41.5 Å². The maximum Gasteiger partial charge on any atom is 0.203 e. The van der Waals surface area contributed by atoms with E-state index in [9.17, 15) is 5.26 Å². The van der Waals surface area contributed by atoms with Gasteiger partial charge in [-0.3, -0.25) is 0 Å². The molecule has 0 spiro atoms. The molecule has 0 heterocycles. The van der Waals surface area contributed by atoms with Gasteiger partial charge in [-0.15, -0.1) is 0 Å². The average Bonchev–Trinajstić information content (AvgIpc) is 2.94. The molecule has 7 nitrogen and oxygen atoms in total. The normalized spacial score (nSPS) is 11.1. The minimum Gasteiger partial charge on any atom is -0.493 e. The zero-order valence-corrected chi connectivity index (χ0v) is 22.7. The minimum absolute atomic E-state index is 0.306. The van der Waals surface area contributed by atoms with Gasteiger partial charge in [0, 0.05) is 6.61 Å². The van der Waals surface area contributed by atoms with Crippen LogP contribution in [0.1, 0.15) is 68.9 Å². The Labute approximate surface area is 221 Å². The van der Waals surface area contributed by atoms with Crippen LogP contribution in [0.3, 0.4) is 0 Å². The second-order valence-corrected chi connectivity index (χ2v) is 8.75. The Bertz CT molecular complexity index is 1000. The SMILES string of the molecule is COc1cc(C=C(C#N)c2cc(OC)c(OC)c(OC)c2)ccc1OCCCCCCCCCCCO. The Kier molecular flexibility index (Phi) is 13.8. The average molecular weight is 512 g/mol. The number of aliphatic hydroxyl groups is 1. The predicted octanol–water partition coefficient (Wildman–Crippen LogP) is 6.67. The molecule has 7 heteroatoms. The monoisotopic (exact) mass is 511 g/mol. The van der Waals surface area contributed by atoms with E-state index < -0.39 is 0 Å². The first-order valence-corrected chi connectivity index (χ1v) is 13.0. The van der Waals surface area contributed by atoms with E-state index in [1.165, 1.54) is 32.1 Å². The highest BCUT2D eigenvalue weighted by atomic mass is 16.5. The number of allylic oxidation sites excluding steroid dienone is 1. The van der Waals surface area contributed by atoms with Gasteiger partial charge in [0.25, 0.3) is 0 Å². The van der Waals surface area contributed by atoms with E-state index in [0.29, 0.717) is 53.1 Å². The molecule has 1 N–H and O–H groups in total. The van der Waals surface area contributed by atoms with E-state index in [0.717, 1.165) is 31.2 Å². The van der Waals surface area contributed by atoms with Gasteiger partial charge in [0.15, 0.2) is 23.0 Å². The number of nitrogens with zero attached hydrogens (tertiary/aromatic N) is 1. The van der Waals surface area contributed by atoms with Gasteiger partial charge in [-0.05, 0) is 54.3 Å². The molecule has 0 aliphatic rings. The van der Waals surface area contributed by atoms with Crippen LogP contribution < -0.4 is 23.7 Å². The predicted molar refractivity (Wildman–Crippen MR) is 147 cm³/mol. The summed E-state index contributed by atoms with van der Waals surface area (Å²) in [5, 5.41) is 18.7. The highest BCUT2D eigenvalue weighted by molar-refractivity contribution is 5.91. The lowest BCUT2D eigenvalue weighted by Gasteiger charge is -2.14. The lowest BCUT2D eigenvalue weighted by Crippen LogP contribution is -2.00. The molecule has 0 fully saturated rings. The van der Waals surface area contributed by atoms with Crippen molar-refractivity contribution in [1.82, 2.24) is 0 Å². The van der Waals surface area contributed by atoms with Gasteiger partial charge in [0.2, 0.25) is 5.75 Å². The van der Waals surface area contributed by atoms with Crippen LogP contribution in [0.15, 0.2) is 30.3 Å². The quantitative estimate of drug-likeness (QED) is 0.136. The van der Waals surface area contributed by atoms with Crippen LogP contribution in [0.2, 0.25) is 0 Å². The van der Waals surface area contributed by atoms with Crippen LogP contribution in [-0.4, -0.2) is 46.8 Å². The third-order valence-corrected chi connectivity index (χ3v) is 6.15. The number of methoxy groups -OCH3 is 4. The number of rotatable bonds is 18. The number of ether oxygens (including phenoxy) is 5. The zero-order valence-electron chi connectivity index (χ0n) is 22.7. The van der Waals surface area contributed by atoms with E-state index in [4.69, 9.17) is 28.8 Å². The van der Waals surface area contributed by atoms with Gasteiger partial charge in [0.05, 0.1) is 46.7 Å². The topological polar surface area (TPSA) is 90.2 Å². The molecular formula is C30H41NO6. The van der Waals surface area contributed by atoms with E-state index in [1.54, 1.807) is 46.6 Å². The molecule has 0 atom stereocenters. The van der Waals surface area contributed by atoms with Crippen LogP contribution in [0.25, 0.3) is 11.6 Å². The van der Waals surface area contributed by atoms with Crippen molar-refractivity contribution < 1.29 is 28.8 Å². The molecular weight excluding hydrogens is 470 g/mol. The fourth-order valence-electron chi connectivity index (χ4n) is 4.11. The summed E-state index contributed by atoms with van der Waals surface area (Å²) in [7, 11) is 6.24. The molecule has 2 rings (SSSR count). The molecule has 202 valence electrons. The summed E-state index contributed by atoms with van der Waals surface area (Å²) < 4.78 is 27.8. The van der Waals surface area contributed by atoms with E-state index in [2.05, 4.69) is 6.07 Å². The van der Waals surface area contributed by atoms with Gasteiger partial charge in [0.1, 0.15) is 0 Å². The van der Waals surface area contributed by atoms with Crippen LogP contribution in [0.4, 0.5) is 0 Å². The van der Waals surface area contributed by atoms with Crippen LogP contribution in [-0.2, 0) is 0 Å². The third kappa shape index (κ3) is 9.55. The summed E-state index contributed by atoms with van der Waals surface area (Å²) >= 11 is 0. The second kappa shape index (κ2) is 17.1. The van der Waals surface area contributed by atoms with E-state index in [-0.39, 0.29) is 0 Å². The molecule has 0 aliphatic heterocycles. The lowest BCUT2D eigenvalue weighted by molar-refractivity contribution is 0.281. The molecule has 0 bridgehead atoms. The molecule has 0 amide bonds. The Morgan fingerprint density at radius 2 is 1.30 bits per heavy atom. The maximum absolute atomic E-state index is 9.85. The Morgan fingerprint density at radius 3 is 1.81 bits per heavy atom.